The molecule has 130 valence electrons. The van der Waals surface area contributed by atoms with Crippen molar-refractivity contribution in [2.24, 2.45) is 5.73 Å². The highest BCUT2D eigenvalue weighted by Crippen LogP contribution is 2.30. The first kappa shape index (κ1) is 16.6. The number of para-hydroxylation sites is 1. The topological polar surface area (TPSA) is 42.1 Å². The van der Waals surface area contributed by atoms with Gasteiger partial charge in [-0.2, -0.15) is 0 Å². The maximum atomic E-state index is 5.80. The second kappa shape index (κ2) is 7.54. The summed E-state index contributed by atoms with van der Waals surface area (Å²) >= 11 is 0. The normalized spacial score (nSPS) is 11.1. The van der Waals surface area contributed by atoms with Crippen LogP contribution in [0.3, 0.4) is 0 Å². The van der Waals surface area contributed by atoms with E-state index in [0.29, 0.717) is 6.54 Å². The average Bonchev–Trinajstić information content (AvgIpc) is 2.70. The van der Waals surface area contributed by atoms with Crippen LogP contribution in [-0.4, -0.2) is 18.1 Å². The Labute approximate surface area is 154 Å². The average molecular weight is 341 g/mol. The maximum absolute atomic E-state index is 5.80. The van der Waals surface area contributed by atoms with Gasteiger partial charge in [-0.25, -0.2) is 4.98 Å². The van der Waals surface area contributed by atoms with Gasteiger partial charge in [0.15, 0.2) is 0 Å². The standard InChI is InChI=1S/C23H23N3/c24-14-7-15-26(17-18-8-2-1-3-9-18)23-13-6-12-22-20(23)16-19-10-4-5-11-21(19)25-22/h1-6,8-13,16H,7,14-15,17,24H2. The van der Waals surface area contributed by atoms with Crippen molar-refractivity contribution in [3.05, 3.63) is 84.4 Å². The van der Waals surface area contributed by atoms with Crippen molar-refractivity contribution in [2.75, 3.05) is 18.0 Å². The zero-order valence-corrected chi connectivity index (χ0v) is 14.8. The Morgan fingerprint density at radius 3 is 2.42 bits per heavy atom. The summed E-state index contributed by atoms with van der Waals surface area (Å²) < 4.78 is 0. The van der Waals surface area contributed by atoms with Crippen LogP contribution >= 0.6 is 0 Å². The molecule has 4 aromatic rings. The zero-order chi connectivity index (χ0) is 17.8. The molecule has 0 aliphatic heterocycles. The second-order valence-electron chi connectivity index (χ2n) is 6.57. The fraction of sp³-hybridized carbons (Fsp3) is 0.174. The van der Waals surface area contributed by atoms with Crippen LogP contribution in [0.15, 0.2) is 78.9 Å². The van der Waals surface area contributed by atoms with Gasteiger partial charge in [-0.1, -0.05) is 54.6 Å². The predicted molar refractivity (Wildman–Crippen MR) is 110 cm³/mol. The van der Waals surface area contributed by atoms with Crippen molar-refractivity contribution in [3.8, 4) is 0 Å². The molecule has 0 bridgehead atoms. The number of rotatable bonds is 6. The van der Waals surface area contributed by atoms with Crippen molar-refractivity contribution in [2.45, 2.75) is 13.0 Å². The van der Waals surface area contributed by atoms with Gasteiger partial charge < -0.3 is 10.6 Å². The Kier molecular flexibility index (Phi) is 4.80. The van der Waals surface area contributed by atoms with Gasteiger partial charge in [0.1, 0.15) is 0 Å². The first-order valence-electron chi connectivity index (χ1n) is 9.12. The molecule has 0 unspecified atom stereocenters. The van der Waals surface area contributed by atoms with E-state index in [4.69, 9.17) is 10.7 Å². The van der Waals surface area contributed by atoms with E-state index in [1.165, 1.54) is 22.0 Å². The molecule has 0 atom stereocenters. The summed E-state index contributed by atoms with van der Waals surface area (Å²) in [5, 5.41) is 2.37. The molecular weight excluding hydrogens is 318 g/mol. The summed E-state index contributed by atoms with van der Waals surface area (Å²) in [6.07, 6.45) is 0.963. The van der Waals surface area contributed by atoms with E-state index in [9.17, 15) is 0 Å². The Morgan fingerprint density at radius 2 is 1.58 bits per heavy atom. The number of hydrogen-bond acceptors (Lipinski definition) is 3. The lowest BCUT2D eigenvalue weighted by atomic mass is 10.1. The van der Waals surface area contributed by atoms with Crippen molar-refractivity contribution in [1.29, 1.82) is 0 Å². The highest BCUT2D eigenvalue weighted by atomic mass is 15.1. The van der Waals surface area contributed by atoms with E-state index in [2.05, 4.69) is 77.7 Å². The molecule has 4 rings (SSSR count). The number of anilines is 1. The largest absolute Gasteiger partial charge is 0.367 e. The fourth-order valence-electron chi connectivity index (χ4n) is 3.43. The van der Waals surface area contributed by atoms with Gasteiger partial charge in [0.2, 0.25) is 0 Å². The molecule has 26 heavy (non-hydrogen) atoms. The molecule has 1 aromatic heterocycles. The minimum Gasteiger partial charge on any atom is -0.367 e. The van der Waals surface area contributed by atoms with Gasteiger partial charge in [0.25, 0.3) is 0 Å². The van der Waals surface area contributed by atoms with Gasteiger partial charge in [-0.15, -0.1) is 0 Å². The smallest absolute Gasteiger partial charge is 0.0730 e. The van der Waals surface area contributed by atoms with Gasteiger partial charge in [0.05, 0.1) is 11.0 Å². The summed E-state index contributed by atoms with van der Waals surface area (Å²) in [7, 11) is 0. The van der Waals surface area contributed by atoms with Crippen molar-refractivity contribution in [3.63, 3.8) is 0 Å². The molecule has 0 saturated heterocycles. The van der Waals surface area contributed by atoms with Crippen molar-refractivity contribution >= 4 is 27.5 Å². The molecule has 0 saturated carbocycles. The molecule has 3 heteroatoms. The van der Waals surface area contributed by atoms with Crippen molar-refractivity contribution < 1.29 is 0 Å². The van der Waals surface area contributed by atoms with Crippen LogP contribution in [-0.2, 0) is 6.54 Å². The van der Waals surface area contributed by atoms with E-state index < -0.39 is 0 Å². The number of nitrogens with two attached hydrogens (primary N) is 1. The van der Waals surface area contributed by atoms with Gasteiger partial charge in [0, 0.05) is 29.5 Å². The van der Waals surface area contributed by atoms with Gasteiger partial charge >= 0.3 is 0 Å². The molecule has 1 heterocycles. The minimum atomic E-state index is 0.692. The quantitative estimate of drug-likeness (QED) is 0.515. The SMILES string of the molecule is NCCCN(Cc1ccccc1)c1cccc2nc3ccccc3cc12. The fourth-order valence-corrected chi connectivity index (χ4v) is 3.43. The summed E-state index contributed by atoms with van der Waals surface area (Å²) in [6.45, 7) is 2.49. The molecule has 0 radical (unpaired) electrons. The highest BCUT2D eigenvalue weighted by molar-refractivity contribution is 5.99. The number of benzene rings is 3. The molecule has 2 N–H and O–H groups in total. The second-order valence-corrected chi connectivity index (χ2v) is 6.57. The highest BCUT2D eigenvalue weighted by Gasteiger charge is 2.12. The first-order valence-corrected chi connectivity index (χ1v) is 9.12. The molecule has 0 fully saturated rings. The van der Waals surface area contributed by atoms with E-state index in [-0.39, 0.29) is 0 Å². The molecule has 0 spiro atoms. The lowest BCUT2D eigenvalue weighted by molar-refractivity contribution is 0.738. The summed E-state index contributed by atoms with van der Waals surface area (Å²) in [5.41, 5.74) is 10.4. The molecule has 3 aromatic carbocycles. The molecule has 0 aliphatic carbocycles. The molecule has 3 nitrogen and oxygen atoms in total. The van der Waals surface area contributed by atoms with E-state index in [0.717, 1.165) is 30.5 Å². The maximum Gasteiger partial charge on any atom is 0.0730 e. The molecule has 0 aliphatic rings. The molecular formula is C23H23N3. The Morgan fingerprint density at radius 1 is 0.808 bits per heavy atom. The Balaban J connectivity index is 1.81. The third kappa shape index (κ3) is 3.39. The number of aromatic nitrogens is 1. The number of hydrogen-bond donors (Lipinski definition) is 1. The van der Waals surface area contributed by atoms with Crippen LogP contribution in [0.2, 0.25) is 0 Å². The van der Waals surface area contributed by atoms with Crippen LogP contribution < -0.4 is 10.6 Å². The van der Waals surface area contributed by atoms with Gasteiger partial charge in [-0.05, 0) is 42.8 Å². The van der Waals surface area contributed by atoms with E-state index in [1.54, 1.807) is 0 Å². The monoisotopic (exact) mass is 341 g/mol. The zero-order valence-electron chi connectivity index (χ0n) is 14.8. The van der Waals surface area contributed by atoms with Crippen LogP contribution in [0.5, 0.6) is 0 Å². The number of nitrogens with zero attached hydrogens (tertiary/aromatic N) is 2. The Bertz CT molecular complexity index is 1010. The summed E-state index contributed by atoms with van der Waals surface area (Å²) in [4.78, 5) is 7.27. The van der Waals surface area contributed by atoms with Crippen LogP contribution in [0.25, 0.3) is 21.8 Å². The first-order chi connectivity index (χ1) is 12.8. The number of pyridine rings is 1. The van der Waals surface area contributed by atoms with Gasteiger partial charge in [-0.3, -0.25) is 0 Å². The van der Waals surface area contributed by atoms with Crippen molar-refractivity contribution in [1.82, 2.24) is 4.98 Å². The predicted octanol–water partition coefficient (Wildman–Crippen LogP) is 4.74. The summed E-state index contributed by atoms with van der Waals surface area (Å²) in [5.74, 6) is 0. The lowest BCUT2D eigenvalue weighted by Gasteiger charge is -2.26. The van der Waals surface area contributed by atoms with E-state index in [1.807, 2.05) is 6.07 Å². The minimum absolute atomic E-state index is 0.692. The lowest BCUT2D eigenvalue weighted by Crippen LogP contribution is -2.25. The molecule has 0 amide bonds. The number of fused-ring (bicyclic) bond motifs is 2. The summed E-state index contributed by atoms with van der Waals surface area (Å²) in [6, 6.07) is 27.5. The van der Waals surface area contributed by atoms with E-state index >= 15 is 0 Å². The Hall–Kier alpha value is -2.91. The van der Waals surface area contributed by atoms with Crippen LogP contribution in [0, 0.1) is 0 Å². The third-order valence-electron chi connectivity index (χ3n) is 4.73. The van der Waals surface area contributed by atoms with Crippen LogP contribution in [0.4, 0.5) is 5.69 Å². The van der Waals surface area contributed by atoms with Crippen LogP contribution in [0.1, 0.15) is 12.0 Å². The third-order valence-corrected chi connectivity index (χ3v) is 4.73.